The van der Waals surface area contributed by atoms with Gasteiger partial charge in [0.15, 0.2) is 23.3 Å². The zero-order valence-corrected chi connectivity index (χ0v) is 28.5. The van der Waals surface area contributed by atoms with Crippen LogP contribution in [-0.2, 0) is 9.47 Å². The van der Waals surface area contributed by atoms with E-state index in [0.29, 0.717) is 76.2 Å². The smallest absolute Gasteiger partial charge is 0.358 e. The van der Waals surface area contributed by atoms with E-state index >= 15 is 8.78 Å². The second kappa shape index (κ2) is 17.6. The Morgan fingerprint density at radius 1 is 0.765 bits per heavy atom. The Hall–Kier alpha value is -3.05. The molecular weight excluding hydrogens is 683 g/mol. The number of hydrogen-bond donors (Lipinski definition) is 0. The molecule has 280 valence electrons. The molecule has 2 atom stereocenters. The van der Waals surface area contributed by atoms with Gasteiger partial charge in [0.05, 0.1) is 24.7 Å². The molecule has 1 heterocycles. The van der Waals surface area contributed by atoms with Crippen LogP contribution in [0.1, 0.15) is 118 Å². The minimum Gasteiger partial charge on any atom is -0.374 e. The van der Waals surface area contributed by atoms with Crippen LogP contribution in [0.15, 0.2) is 54.9 Å². The van der Waals surface area contributed by atoms with Crippen LogP contribution >= 0.6 is 0 Å². The van der Waals surface area contributed by atoms with Gasteiger partial charge in [0.25, 0.3) is 0 Å². The van der Waals surface area contributed by atoms with E-state index in [1.165, 1.54) is 0 Å². The van der Waals surface area contributed by atoms with Crippen molar-refractivity contribution in [3.63, 3.8) is 0 Å². The number of allylic oxidation sites excluding steroid dienone is 3. The molecule has 2 aliphatic carbocycles. The van der Waals surface area contributed by atoms with Gasteiger partial charge in [-0.2, -0.15) is 8.78 Å². The molecule has 0 N–H and O–H groups in total. The summed E-state index contributed by atoms with van der Waals surface area (Å²) in [7, 11) is 0. The van der Waals surface area contributed by atoms with Crippen molar-refractivity contribution in [2.45, 2.75) is 120 Å². The van der Waals surface area contributed by atoms with Crippen LogP contribution in [0.4, 0.5) is 39.5 Å². The molecule has 2 unspecified atom stereocenters. The molecule has 0 spiro atoms. The molecule has 2 aromatic rings. The van der Waals surface area contributed by atoms with E-state index in [2.05, 4.69) is 6.58 Å². The third-order valence-corrected chi connectivity index (χ3v) is 10.7. The lowest BCUT2D eigenvalue weighted by Crippen LogP contribution is -2.38. The Bertz CT molecular complexity index is 1500. The summed E-state index contributed by atoms with van der Waals surface area (Å²) in [6.45, 7) is 3.61. The second-order valence-corrected chi connectivity index (χ2v) is 14.2. The van der Waals surface area contributed by atoms with Crippen LogP contribution in [0.3, 0.4) is 0 Å². The lowest BCUT2D eigenvalue weighted by atomic mass is 9.80. The van der Waals surface area contributed by atoms with Gasteiger partial charge in [0.1, 0.15) is 17.5 Å². The zero-order chi connectivity index (χ0) is 36.7. The van der Waals surface area contributed by atoms with Crippen LogP contribution in [0.5, 0.6) is 0 Å². The van der Waals surface area contributed by atoms with Gasteiger partial charge >= 0.3 is 6.11 Å². The highest BCUT2D eigenvalue weighted by molar-refractivity contribution is 5.61. The largest absolute Gasteiger partial charge is 0.374 e. The molecule has 0 aromatic heterocycles. The van der Waals surface area contributed by atoms with Crippen molar-refractivity contribution in [2.75, 3.05) is 6.61 Å². The lowest BCUT2D eigenvalue weighted by Gasteiger charge is -2.36. The van der Waals surface area contributed by atoms with E-state index < -0.39 is 70.4 Å². The van der Waals surface area contributed by atoms with Gasteiger partial charge in [-0.1, -0.05) is 18.2 Å². The molecular formula is C40H45F9O2. The standard InChI is InChI=1S/C40H45F9O2/c1-2-3-4-5-6-32(41)38(46)28-21-33(42)37(34(43)22-28)26-12-16-30(50-23-26)15-9-24-7-13-29(14-8-24)40(48,49)51-31-17-10-25(11-18-31)27-19-35(44)39(47)36(45)20-27/h2,9,15,19-22,24-26,29-31H,1,3-8,10-14,16-18,23H2/b15-9+,38-32+. The molecule has 1 saturated heterocycles. The summed E-state index contributed by atoms with van der Waals surface area (Å²) < 4.78 is 141. The van der Waals surface area contributed by atoms with E-state index in [0.717, 1.165) is 24.3 Å². The van der Waals surface area contributed by atoms with Crippen LogP contribution < -0.4 is 0 Å². The number of ether oxygens (including phenoxy) is 2. The third-order valence-electron chi connectivity index (χ3n) is 10.7. The van der Waals surface area contributed by atoms with E-state index in [1.807, 2.05) is 12.2 Å². The monoisotopic (exact) mass is 728 g/mol. The molecule has 5 rings (SSSR count). The first-order chi connectivity index (χ1) is 24.4. The minimum atomic E-state index is -3.31. The fourth-order valence-corrected chi connectivity index (χ4v) is 7.66. The van der Waals surface area contributed by atoms with Crippen LogP contribution in [0.2, 0.25) is 0 Å². The van der Waals surface area contributed by atoms with Crippen LogP contribution in [0, 0.1) is 40.9 Å². The molecule has 0 bridgehead atoms. The predicted octanol–water partition coefficient (Wildman–Crippen LogP) is 12.7. The number of hydrogen-bond acceptors (Lipinski definition) is 2. The quantitative estimate of drug-likeness (QED) is 0.0885. The van der Waals surface area contributed by atoms with E-state index in [-0.39, 0.29) is 49.4 Å². The van der Waals surface area contributed by atoms with Crippen LogP contribution in [-0.4, -0.2) is 24.9 Å². The maximum absolute atomic E-state index is 15.2. The number of unbranched alkanes of at least 4 members (excludes halogenated alkanes) is 2. The zero-order valence-electron chi connectivity index (χ0n) is 28.5. The number of benzene rings is 2. The molecule has 51 heavy (non-hydrogen) atoms. The number of alkyl halides is 2. The molecule has 11 heteroatoms. The summed E-state index contributed by atoms with van der Waals surface area (Å²) in [5.41, 5.74) is -0.372. The van der Waals surface area contributed by atoms with Gasteiger partial charge in [-0.15, -0.1) is 6.58 Å². The van der Waals surface area contributed by atoms with Gasteiger partial charge in [0, 0.05) is 23.5 Å². The number of halogens is 9. The molecule has 2 aromatic carbocycles. The molecule has 3 fully saturated rings. The maximum atomic E-state index is 15.2. The molecule has 1 aliphatic heterocycles. The Kier molecular flexibility index (Phi) is 13.6. The Balaban J connectivity index is 1.05. The fourth-order valence-electron chi connectivity index (χ4n) is 7.66. The Morgan fingerprint density at radius 2 is 1.39 bits per heavy atom. The fraction of sp³-hybridized carbons (Fsp3) is 0.550. The molecule has 3 aliphatic rings. The van der Waals surface area contributed by atoms with Gasteiger partial charge < -0.3 is 9.47 Å². The number of rotatable bonds is 13. The maximum Gasteiger partial charge on any atom is 0.358 e. The summed E-state index contributed by atoms with van der Waals surface area (Å²) in [5.74, 6) is -10.0. The highest BCUT2D eigenvalue weighted by Gasteiger charge is 2.45. The first-order valence-electron chi connectivity index (χ1n) is 18.0. The highest BCUT2D eigenvalue weighted by Crippen LogP contribution is 2.44. The summed E-state index contributed by atoms with van der Waals surface area (Å²) in [6.07, 6.45) is 6.62. The van der Waals surface area contributed by atoms with Crippen molar-refractivity contribution in [2.24, 2.45) is 11.8 Å². The first-order valence-corrected chi connectivity index (χ1v) is 18.0. The highest BCUT2D eigenvalue weighted by atomic mass is 19.3. The SMILES string of the molecule is C=CCCCC/C(F)=C(\F)c1cc(F)c(C2CCC(/C=C/C3CCC(C(F)(F)OC4CCC(c5cc(F)c(F)c(F)c5)CC4)CC3)OC2)c(F)c1. The van der Waals surface area contributed by atoms with Gasteiger partial charge in [0.2, 0.25) is 0 Å². The topological polar surface area (TPSA) is 18.5 Å². The first kappa shape index (κ1) is 39.2. The lowest BCUT2D eigenvalue weighted by molar-refractivity contribution is -0.301. The normalized spacial score (nSPS) is 26.7. The molecule has 0 amide bonds. The van der Waals surface area contributed by atoms with Crippen molar-refractivity contribution in [1.29, 1.82) is 0 Å². The van der Waals surface area contributed by atoms with Crippen molar-refractivity contribution < 1.29 is 49.0 Å². The van der Waals surface area contributed by atoms with Gasteiger partial charge in [-0.05, 0) is 125 Å². The summed E-state index contributed by atoms with van der Waals surface area (Å²) in [4.78, 5) is 0. The van der Waals surface area contributed by atoms with Gasteiger partial charge in [-0.3, -0.25) is 0 Å². The predicted molar refractivity (Wildman–Crippen MR) is 178 cm³/mol. The third kappa shape index (κ3) is 10.1. The summed E-state index contributed by atoms with van der Waals surface area (Å²) >= 11 is 0. The average molecular weight is 729 g/mol. The summed E-state index contributed by atoms with van der Waals surface area (Å²) in [6, 6.07) is 3.57. The van der Waals surface area contributed by atoms with E-state index in [4.69, 9.17) is 9.47 Å². The van der Waals surface area contributed by atoms with Gasteiger partial charge in [-0.25, -0.2) is 30.7 Å². The van der Waals surface area contributed by atoms with E-state index in [9.17, 15) is 30.7 Å². The molecule has 2 saturated carbocycles. The molecule has 0 radical (unpaired) electrons. The Morgan fingerprint density at radius 3 is 1.98 bits per heavy atom. The molecule has 2 nitrogen and oxygen atoms in total. The van der Waals surface area contributed by atoms with Crippen LogP contribution in [0.25, 0.3) is 5.83 Å². The summed E-state index contributed by atoms with van der Waals surface area (Å²) in [5, 5.41) is 0. The van der Waals surface area contributed by atoms with Crippen molar-refractivity contribution in [3.8, 4) is 0 Å². The second-order valence-electron chi connectivity index (χ2n) is 14.2. The van der Waals surface area contributed by atoms with E-state index in [1.54, 1.807) is 6.08 Å². The van der Waals surface area contributed by atoms with Crippen molar-refractivity contribution in [3.05, 3.63) is 101 Å². The van der Waals surface area contributed by atoms with Crippen molar-refractivity contribution in [1.82, 2.24) is 0 Å². The average Bonchev–Trinajstić information content (AvgIpc) is 3.11. The minimum absolute atomic E-state index is 0.0358. The van der Waals surface area contributed by atoms with Crippen molar-refractivity contribution >= 4 is 5.83 Å². The Labute approximate surface area is 293 Å².